The van der Waals surface area contributed by atoms with Gasteiger partial charge in [0, 0.05) is 18.7 Å². The Bertz CT molecular complexity index is 1030. The van der Waals surface area contributed by atoms with Gasteiger partial charge >= 0.3 is 6.01 Å². The smallest absolute Gasteiger partial charge is 0.322 e. The third kappa shape index (κ3) is 4.07. The summed E-state index contributed by atoms with van der Waals surface area (Å²) in [5, 5.41) is 12.1. The number of amides is 1. The van der Waals surface area contributed by atoms with Crippen molar-refractivity contribution in [1.29, 1.82) is 0 Å². The van der Waals surface area contributed by atoms with E-state index in [1.165, 1.54) is 47.0 Å². The van der Waals surface area contributed by atoms with Crippen LogP contribution in [-0.4, -0.2) is 41.9 Å². The topological polar surface area (TPSA) is 105 Å². The maximum absolute atomic E-state index is 12.5. The van der Waals surface area contributed by atoms with Gasteiger partial charge in [0.15, 0.2) is 0 Å². The molecule has 8 nitrogen and oxygen atoms in total. The zero-order valence-electron chi connectivity index (χ0n) is 14.9. The summed E-state index contributed by atoms with van der Waals surface area (Å²) in [4.78, 5) is 13.2. The van der Waals surface area contributed by atoms with Crippen LogP contribution < -0.4 is 5.32 Å². The highest BCUT2D eigenvalue weighted by molar-refractivity contribution is 7.89. The lowest BCUT2D eigenvalue weighted by Gasteiger charge is -2.20. The van der Waals surface area contributed by atoms with Gasteiger partial charge in [0.2, 0.25) is 10.0 Å². The summed E-state index contributed by atoms with van der Waals surface area (Å²) in [7, 11) is -2.08. The molecule has 1 aromatic carbocycles. The largest absolute Gasteiger partial charge is 0.402 e. The fourth-order valence-electron chi connectivity index (χ4n) is 2.16. The first-order valence-corrected chi connectivity index (χ1v) is 10.4. The average molecular weight is 406 g/mol. The number of aromatic nitrogens is 2. The van der Waals surface area contributed by atoms with Gasteiger partial charge in [0.05, 0.1) is 9.77 Å². The Morgan fingerprint density at radius 3 is 2.48 bits per heavy atom. The van der Waals surface area contributed by atoms with Gasteiger partial charge in [0.25, 0.3) is 11.8 Å². The second-order valence-corrected chi connectivity index (χ2v) is 8.93. The van der Waals surface area contributed by atoms with Gasteiger partial charge < -0.3 is 4.42 Å². The molecule has 0 radical (unpaired) electrons. The molecule has 0 saturated carbocycles. The van der Waals surface area contributed by atoms with Crippen LogP contribution in [0, 0.1) is 0 Å². The number of thiophene rings is 1. The van der Waals surface area contributed by atoms with E-state index in [2.05, 4.69) is 15.5 Å². The van der Waals surface area contributed by atoms with E-state index < -0.39 is 15.9 Å². The van der Waals surface area contributed by atoms with Crippen LogP contribution in [-0.2, 0) is 10.0 Å². The lowest BCUT2D eigenvalue weighted by Crippen LogP contribution is -2.33. The third-order valence-electron chi connectivity index (χ3n) is 3.90. The number of hydrogen-bond donors (Lipinski definition) is 1. The fraction of sp³-hybridized carbons (Fsp3) is 0.235. The molecule has 10 heteroatoms. The minimum Gasteiger partial charge on any atom is -0.402 e. The van der Waals surface area contributed by atoms with Gasteiger partial charge in [-0.25, -0.2) is 8.42 Å². The molecule has 2 heterocycles. The summed E-state index contributed by atoms with van der Waals surface area (Å²) in [5.41, 5.74) is 0.275. The number of anilines is 1. The second-order valence-electron chi connectivity index (χ2n) is 5.98. The fourth-order valence-corrected chi connectivity index (χ4v) is 4.18. The van der Waals surface area contributed by atoms with Crippen molar-refractivity contribution in [3.05, 3.63) is 47.3 Å². The van der Waals surface area contributed by atoms with Crippen LogP contribution in [0.1, 0.15) is 24.2 Å². The number of carbonyl (C=O) groups excluding carboxylic acids is 1. The number of sulfonamides is 1. The molecule has 0 atom stereocenters. The first kappa shape index (κ1) is 19.2. The molecular formula is C17H18N4O4S2. The van der Waals surface area contributed by atoms with Crippen LogP contribution in [0.3, 0.4) is 0 Å². The molecule has 0 bridgehead atoms. The van der Waals surface area contributed by atoms with Gasteiger partial charge in [-0.1, -0.05) is 11.2 Å². The molecule has 0 fully saturated rings. The van der Waals surface area contributed by atoms with Crippen molar-refractivity contribution < 1.29 is 17.6 Å². The highest BCUT2D eigenvalue weighted by Gasteiger charge is 2.23. The number of hydrogen-bond acceptors (Lipinski definition) is 7. The molecule has 27 heavy (non-hydrogen) atoms. The lowest BCUT2D eigenvalue weighted by molar-refractivity contribution is 0.102. The Hall–Kier alpha value is -2.56. The Labute approximate surface area is 160 Å². The molecule has 1 N–H and O–H groups in total. The van der Waals surface area contributed by atoms with Crippen molar-refractivity contribution >= 4 is 33.3 Å². The van der Waals surface area contributed by atoms with Crippen molar-refractivity contribution in [2.45, 2.75) is 24.8 Å². The highest BCUT2D eigenvalue weighted by atomic mass is 32.2. The molecule has 0 aliphatic carbocycles. The van der Waals surface area contributed by atoms with Gasteiger partial charge in [-0.2, -0.15) is 4.31 Å². The zero-order chi connectivity index (χ0) is 19.6. The molecule has 0 unspecified atom stereocenters. The van der Waals surface area contributed by atoms with E-state index in [-0.39, 0.29) is 22.5 Å². The Morgan fingerprint density at radius 2 is 1.89 bits per heavy atom. The monoisotopic (exact) mass is 406 g/mol. The standard InChI is InChI=1S/C17H18N4O4S2/c1-11(2)21(3)27(23,24)13-8-6-12(7-9-13)15(22)18-17-20-19-16(25-17)14-5-4-10-26-14/h4-11H,1-3H3,(H,18,20,22). The van der Waals surface area contributed by atoms with Crippen molar-refractivity contribution in [2.75, 3.05) is 12.4 Å². The van der Waals surface area contributed by atoms with Crippen molar-refractivity contribution in [1.82, 2.24) is 14.5 Å². The number of rotatable bonds is 6. The van der Waals surface area contributed by atoms with E-state index in [1.807, 2.05) is 17.5 Å². The summed E-state index contributed by atoms with van der Waals surface area (Å²) in [6, 6.07) is 9.15. The molecule has 0 aliphatic rings. The molecule has 3 aromatic rings. The van der Waals surface area contributed by atoms with Crippen molar-refractivity contribution in [2.24, 2.45) is 0 Å². The Morgan fingerprint density at radius 1 is 1.19 bits per heavy atom. The van der Waals surface area contributed by atoms with Crippen LogP contribution in [0.5, 0.6) is 0 Å². The minimum absolute atomic E-state index is 0.0281. The summed E-state index contributed by atoms with van der Waals surface area (Å²) in [5.74, 6) is -0.156. The molecule has 1 amide bonds. The number of benzene rings is 1. The van der Waals surface area contributed by atoms with E-state index in [0.717, 1.165) is 4.88 Å². The van der Waals surface area contributed by atoms with Crippen LogP contribution in [0.2, 0.25) is 0 Å². The maximum Gasteiger partial charge on any atom is 0.322 e. The number of nitrogens with zero attached hydrogens (tertiary/aromatic N) is 3. The third-order valence-corrected chi connectivity index (χ3v) is 6.80. The zero-order valence-corrected chi connectivity index (χ0v) is 16.5. The molecule has 0 saturated heterocycles. The summed E-state index contributed by atoms with van der Waals surface area (Å²) in [6.45, 7) is 3.57. The second kappa shape index (κ2) is 7.59. The average Bonchev–Trinajstić information content (AvgIpc) is 3.32. The molecule has 0 spiro atoms. The molecule has 2 aromatic heterocycles. The quantitative estimate of drug-likeness (QED) is 0.674. The predicted molar refractivity (Wildman–Crippen MR) is 102 cm³/mol. The number of carbonyl (C=O) groups is 1. The first-order valence-electron chi connectivity index (χ1n) is 8.06. The van der Waals surface area contributed by atoms with Gasteiger partial charge in [0.1, 0.15) is 0 Å². The van der Waals surface area contributed by atoms with E-state index in [0.29, 0.717) is 5.89 Å². The number of nitrogens with one attached hydrogen (secondary N) is 1. The normalized spacial score (nSPS) is 11.9. The van der Waals surface area contributed by atoms with E-state index in [9.17, 15) is 13.2 Å². The van der Waals surface area contributed by atoms with E-state index in [1.54, 1.807) is 13.8 Å². The first-order chi connectivity index (χ1) is 12.8. The van der Waals surface area contributed by atoms with Crippen LogP contribution in [0.25, 0.3) is 10.8 Å². The van der Waals surface area contributed by atoms with Gasteiger partial charge in [-0.05, 0) is 49.6 Å². The molecule has 142 valence electrons. The molecular weight excluding hydrogens is 388 g/mol. The van der Waals surface area contributed by atoms with Gasteiger partial charge in [-0.15, -0.1) is 16.4 Å². The Kier molecular flexibility index (Phi) is 5.40. The Balaban J connectivity index is 1.73. The van der Waals surface area contributed by atoms with E-state index >= 15 is 0 Å². The SMILES string of the molecule is CC(C)N(C)S(=O)(=O)c1ccc(C(=O)Nc2nnc(-c3cccs3)o2)cc1. The lowest BCUT2D eigenvalue weighted by atomic mass is 10.2. The minimum atomic E-state index is -3.60. The molecule has 3 rings (SSSR count). The highest BCUT2D eigenvalue weighted by Crippen LogP contribution is 2.24. The van der Waals surface area contributed by atoms with E-state index in [4.69, 9.17) is 4.42 Å². The van der Waals surface area contributed by atoms with Gasteiger partial charge in [-0.3, -0.25) is 10.1 Å². The van der Waals surface area contributed by atoms with Crippen LogP contribution in [0.4, 0.5) is 6.01 Å². The molecule has 0 aliphatic heterocycles. The van der Waals surface area contributed by atoms with Crippen LogP contribution >= 0.6 is 11.3 Å². The summed E-state index contributed by atoms with van der Waals surface area (Å²) >= 11 is 1.44. The van der Waals surface area contributed by atoms with Crippen LogP contribution in [0.15, 0.2) is 51.1 Å². The van der Waals surface area contributed by atoms with Crippen molar-refractivity contribution in [3.8, 4) is 10.8 Å². The van der Waals surface area contributed by atoms with Crippen molar-refractivity contribution in [3.63, 3.8) is 0 Å². The predicted octanol–water partition coefficient (Wildman–Crippen LogP) is 3.08. The summed E-state index contributed by atoms with van der Waals surface area (Å²) in [6.07, 6.45) is 0. The maximum atomic E-state index is 12.5. The summed E-state index contributed by atoms with van der Waals surface area (Å²) < 4.78 is 31.6.